The van der Waals surface area contributed by atoms with E-state index in [1.54, 1.807) is 6.92 Å². The van der Waals surface area contributed by atoms with Crippen molar-refractivity contribution in [3.05, 3.63) is 28.3 Å². The monoisotopic (exact) mass is 383 g/mol. The van der Waals surface area contributed by atoms with E-state index in [0.717, 1.165) is 6.26 Å². The number of hydrogen-bond donors (Lipinski definition) is 1. The molecule has 0 aliphatic carbocycles. The summed E-state index contributed by atoms with van der Waals surface area (Å²) in [5, 5.41) is 10.9. The number of hydrogen-bond acceptors (Lipinski definition) is 9. The van der Waals surface area contributed by atoms with Crippen LogP contribution >= 0.6 is 23.1 Å². The van der Waals surface area contributed by atoms with Crippen molar-refractivity contribution in [3.8, 4) is 5.75 Å². The lowest BCUT2D eigenvalue weighted by Gasteiger charge is -2.03. The van der Waals surface area contributed by atoms with Gasteiger partial charge in [-0.15, -0.1) is 10.2 Å². The minimum Gasteiger partial charge on any atom is -0.464 e. The first kappa shape index (κ1) is 19.1. The normalized spacial score (nSPS) is 10.5. The van der Waals surface area contributed by atoms with E-state index >= 15 is 0 Å². The summed E-state index contributed by atoms with van der Waals surface area (Å²) in [6.07, 6.45) is 2.38. The van der Waals surface area contributed by atoms with Crippen LogP contribution in [-0.2, 0) is 15.3 Å². The Balaban J connectivity index is 1.93. The van der Waals surface area contributed by atoms with Crippen LogP contribution in [0, 0.1) is 0 Å². The highest BCUT2D eigenvalue weighted by Crippen LogP contribution is 2.28. The number of aromatic nitrogens is 2. The third kappa shape index (κ3) is 5.98. The number of carbonyl (C=O) groups is 2. The lowest BCUT2D eigenvalue weighted by Crippen LogP contribution is -2.13. The van der Waals surface area contributed by atoms with Crippen molar-refractivity contribution in [2.75, 3.05) is 5.32 Å². The Hall–Kier alpha value is -2.20. The minimum atomic E-state index is -0.465. The molecule has 134 valence electrons. The molecule has 0 saturated carbocycles. The average molecular weight is 383 g/mol. The van der Waals surface area contributed by atoms with Gasteiger partial charge in [0, 0.05) is 18.9 Å². The van der Waals surface area contributed by atoms with Gasteiger partial charge in [0.2, 0.25) is 22.2 Å². The summed E-state index contributed by atoms with van der Waals surface area (Å²) in [6.45, 7) is 3.59. The number of nitrogens with zero attached hydrogens (tertiary/aromatic N) is 2. The van der Waals surface area contributed by atoms with Gasteiger partial charge in [0.25, 0.3) is 0 Å². The van der Waals surface area contributed by atoms with Gasteiger partial charge < -0.3 is 14.5 Å². The first-order chi connectivity index (χ1) is 12.0. The Labute approximate surface area is 152 Å². The highest BCUT2D eigenvalue weighted by molar-refractivity contribution is 8.00. The summed E-state index contributed by atoms with van der Waals surface area (Å²) in [5.74, 6) is 0.0565. The van der Waals surface area contributed by atoms with Gasteiger partial charge in [-0.05, 0) is 6.42 Å². The zero-order valence-electron chi connectivity index (χ0n) is 13.7. The number of esters is 1. The van der Waals surface area contributed by atoms with Crippen LogP contribution in [-0.4, -0.2) is 22.1 Å². The van der Waals surface area contributed by atoms with Gasteiger partial charge in [0.1, 0.15) is 12.0 Å². The number of anilines is 1. The second-order valence-corrected chi connectivity index (χ2v) is 7.06. The molecule has 1 N–H and O–H groups in total. The maximum absolute atomic E-state index is 11.9. The Morgan fingerprint density at radius 3 is 2.84 bits per heavy atom. The molecule has 0 aliphatic heterocycles. The zero-order chi connectivity index (χ0) is 18.2. The maximum Gasteiger partial charge on any atom is 0.311 e. The average Bonchev–Trinajstić information content (AvgIpc) is 3.02. The molecule has 0 spiro atoms. The van der Waals surface area contributed by atoms with Gasteiger partial charge >= 0.3 is 5.97 Å². The van der Waals surface area contributed by atoms with Crippen LogP contribution < -0.4 is 15.5 Å². The van der Waals surface area contributed by atoms with Crippen LogP contribution in [0.2, 0.25) is 0 Å². The molecule has 0 unspecified atom stereocenters. The van der Waals surface area contributed by atoms with E-state index in [1.165, 1.54) is 29.2 Å². The number of carbonyl (C=O) groups excluding carboxylic acids is 2. The molecule has 25 heavy (non-hydrogen) atoms. The zero-order valence-corrected chi connectivity index (χ0v) is 15.4. The van der Waals surface area contributed by atoms with E-state index in [-0.39, 0.29) is 18.1 Å². The predicted octanol–water partition coefficient (Wildman–Crippen LogP) is 2.84. The molecule has 0 saturated heterocycles. The van der Waals surface area contributed by atoms with Crippen LogP contribution in [0.4, 0.5) is 5.13 Å². The van der Waals surface area contributed by atoms with Gasteiger partial charge in [-0.1, -0.05) is 36.9 Å². The minimum absolute atomic E-state index is 0.118. The Morgan fingerprint density at radius 2 is 2.16 bits per heavy atom. The standard InChI is InChI=1S/C15H17N3O5S2/c1-3-5-13(21)23-11-7-22-9(6-10(11)19)8-24-15-18-17-14(25-15)16-12(20)4-2/h6-7H,3-5,8H2,1-2H3,(H,16,17,20). The molecule has 0 atom stereocenters. The van der Waals surface area contributed by atoms with Gasteiger partial charge in [-0.2, -0.15) is 0 Å². The van der Waals surface area contributed by atoms with Crippen molar-refractivity contribution in [1.82, 2.24) is 10.2 Å². The molecule has 2 rings (SSSR count). The lowest BCUT2D eigenvalue weighted by atomic mass is 10.3. The van der Waals surface area contributed by atoms with Crippen LogP contribution in [0.3, 0.4) is 0 Å². The lowest BCUT2D eigenvalue weighted by molar-refractivity contribution is -0.134. The van der Waals surface area contributed by atoms with Gasteiger partial charge in [0.05, 0.1) is 5.75 Å². The SMILES string of the molecule is CCCC(=O)Oc1coc(CSc2nnc(NC(=O)CC)s2)cc1=O. The molecule has 0 fully saturated rings. The summed E-state index contributed by atoms with van der Waals surface area (Å²) in [5.41, 5.74) is -0.417. The van der Waals surface area contributed by atoms with Crippen molar-refractivity contribution in [2.24, 2.45) is 0 Å². The fourth-order valence-corrected chi connectivity index (χ4v) is 3.28. The molecule has 10 heteroatoms. The van der Waals surface area contributed by atoms with Crippen LogP contribution in [0.15, 0.2) is 25.9 Å². The number of nitrogens with one attached hydrogen (secondary N) is 1. The number of amides is 1. The highest BCUT2D eigenvalue weighted by Gasteiger charge is 2.11. The van der Waals surface area contributed by atoms with Crippen molar-refractivity contribution >= 4 is 40.1 Å². The van der Waals surface area contributed by atoms with Crippen molar-refractivity contribution in [1.29, 1.82) is 0 Å². The fourth-order valence-electron chi connectivity index (χ4n) is 1.63. The molecule has 2 aromatic heterocycles. The molecular weight excluding hydrogens is 366 g/mol. The third-order valence-corrected chi connectivity index (χ3v) is 4.84. The molecule has 0 aromatic carbocycles. The van der Waals surface area contributed by atoms with Crippen LogP contribution in [0.25, 0.3) is 0 Å². The van der Waals surface area contributed by atoms with Crippen LogP contribution in [0.5, 0.6) is 5.75 Å². The molecule has 8 nitrogen and oxygen atoms in total. The molecule has 0 aliphatic rings. The van der Waals surface area contributed by atoms with Crippen molar-refractivity contribution < 1.29 is 18.7 Å². The van der Waals surface area contributed by atoms with Gasteiger partial charge in [-0.3, -0.25) is 14.4 Å². The van der Waals surface area contributed by atoms with Crippen LogP contribution in [0.1, 0.15) is 38.9 Å². The number of thioether (sulfide) groups is 1. The Morgan fingerprint density at radius 1 is 1.36 bits per heavy atom. The number of rotatable bonds is 8. The smallest absolute Gasteiger partial charge is 0.311 e. The largest absolute Gasteiger partial charge is 0.464 e. The Kier molecular flexibility index (Phi) is 7.14. The van der Waals surface area contributed by atoms with E-state index in [9.17, 15) is 14.4 Å². The van der Waals surface area contributed by atoms with E-state index in [1.807, 2.05) is 6.92 Å². The second-order valence-electron chi connectivity index (χ2n) is 4.86. The van der Waals surface area contributed by atoms with E-state index in [0.29, 0.717) is 33.8 Å². The predicted molar refractivity (Wildman–Crippen MR) is 93.9 cm³/mol. The van der Waals surface area contributed by atoms with Crippen molar-refractivity contribution in [3.63, 3.8) is 0 Å². The quantitative estimate of drug-likeness (QED) is 0.421. The van der Waals surface area contributed by atoms with E-state index in [2.05, 4.69) is 15.5 Å². The van der Waals surface area contributed by atoms with E-state index < -0.39 is 11.4 Å². The summed E-state index contributed by atoms with van der Waals surface area (Å²) in [4.78, 5) is 34.6. The first-order valence-electron chi connectivity index (χ1n) is 7.60. The third-order valence-electron chi connectivity index (χ3n) is 2.84. The van der Waals surface area contributed by atoms with E-state index in [4.69, 9.17) is 9.15 Å². The summed E-state index contributed by atoms with van der Waals surface area (Å²) in [6, 6.07) is 1.28. The molecule has 0 bridgehead atoms. The fraction of sp³-hybridized carbons (Fsp3) is 0.400. The van der Waals surface area contributed by atoms with Gasteiger partial charge in [-0.25, -0.2) is 0 Å². The molecule has 2 aromatic rings. The number of ether oxygens (including phenoxy) is 1. The maximum atomic E-state index is 11.9. The second kappa shape index (κ2) is 9.33. The molecule has 1 amide bonds. The summed E-state index contributed by atoms with van der Waals surface area (Å²) < 4.78 is 10.9. The topological polar surface area (TPSA) is 111 Å². The molecule has 2 heterocycles. The molecule has 0 radical (unpaired) electrons. The highest BCUT2D eigenvalue weighted by atomic mass is 32.2. The first-order valence-corrected chi connectivity index (χ1v) is 9.40. The Bertz CT molecular complexity index is 802. The van der Waals surface area contributed by atoms with Crippen molar-refractivity contribution in [2.45, 2.75) is 43.2 Å². The summed E-state index contributed by atoms with van der Waals surface area (Å²) >= 11 is 2.56. The van der Waals surface area contributed by atoms with Gasteiger partial charge in [0.15, 0.2) is 4.34 Å². The molecular formula is C15H17N3O5S2. The summed E-state index contributed by atoms with van der Waals surface area (Å²) in [7, 11) is 0.